The predicted molar refractivity (Wildman–Crippen MR) is 87.2 cm³/mol. The van der Waals surface area contributed by atoms with E-state index in [1.54, 1.807) is 0 Å². The molecule has 2 heterocycles. The number of aliphatic hydroxyl groups is 2. The van der Waals surface area contributed by atoms with E-state index in [0.717, 1.165) is 25.9 Å². The maximum atomic E-state index is 11.8. The largest absolute Gasteiger partial charge is 0.394 e. The van der Waals surface area contributed by atoms with E-state index in [0.29, 0.717) is 12.5 Å². The van der Waals surface area contributed by atoms with E-state index in [2.05, 4.69) is 22.5 Å². The molecule has 7 nitrogen and oxygen atoms in total. The Morgan fingerprint density at radius 3 is 2.52 bits per heavy atom. The number of nitrogens with zero attached hydrogens (tertiary/aromatic N) is 1. The minimum Gasteiger partial charge on any atom is -0.394 e. The van der Waals surface area contributed by atoms with Gasteiger partial charge in [0.2, 0.25) is 0 Å². The molecule has 4 atom stereocenters. The summed E-state index contributed by atoms with van der Waals surface area (Å²) in [5, 5.41) is 25.5. The summed E-state index contributed by atoms with van der Waals surface area (Å²) in [6.07, 6.45) is 0.572. The lowest BCUT2D eigenvalue weighted by Crippen LogP contribution is -2.54. The lowest BCUT2D eigenvalue weighted by molar-refractivity contribution is -0.0206. The molecule has 2 fully saturated rings. The van der Waals surface area contributed by atoms with E-state index in [1.165, 1.54) is 0 Å². The van der Waals surface area contributed by atoms with Crippen molar-refractivity contribution in [2.75, 3.05) is 26.2 Å². The van der Waals surface area contributed by atoms with Gasteiger partial charge in [0.15, 0.2) is 0 Å². The molecule has 0 spiro atoms. The molecule has 0 unspecified atom stereocenters. The van der Waals surface area contributed by atoms with Crippen LogP contribution in [0.1, 0.15) is 33.6 Å². The molecule has 0 radical (unpaired) electrons. The topological polar surface area (TPSA) is 94.1 Å². The second kappa shape index (κ2) is 8.28. The molecule has 2 rings (SSSR count). The Kier molecular flexibility index (Phi) is 6.64. The number of hydrogen-bond acceptors (Lipinski definition) is 5. The van der Waals surface area contributed by atoms with Crippen molar-refractivity contribution in [2.45, 2.75) is 64.0 Å². The monoisotopic (exact) mass is 329 g/mol. The van der Waals surface area contributed by atoms with Crippen LogP contribution in [0.15, 0.2) is 0 Å². The van der Waals surface area contributed by atoms with Gasteiger partial charge in [0.25, 0.3) is 0 Å². The van der Waals surface area contributed by atoms with Crippen LogP contribution in [0.3, 0.4) is 0 Å². The highest BCUT2D eigenvalue weighted by atomic mass is 16.5. The van der Waals surface area contributed by atoms with Crippen molar-refractivity contribution in [3.8, 4) is 0 Å². The quantitative estimate of drug-likeness (QED) is 0.566. The summed E-state index contributed by atoms with van der Waals surface area (Å²) in [6, 6.07) is -0.356. The zero-order valence-electron chi connectivity index (χ0n) is 14.4. The summed E-state index contributed by atoms with van der Waals surface area (Å²) in [5.74, 6) is 0.702. The molecule has 0 bridgehead atoms. The highest BCUT2D eigenvalue weighted by Crippen LogP contribution is 2.29. The average Bonchev–Trinajstić information content (AvgIpc) is 2.81. The summed E-state index contributed by atoms with van der Waals surface area (Å²) >= 11 is 0. The molecule has 2 aliphatic heterocycles. The van der Waals surface area contributed by atoms with Crippen LogP contribution in [0, 0.1) is 5.92 Å². The molecule has 0 aliphatic carbocycles. The number of carbonyl (C=O) groups is 1. The average molecular weight is 329 g/mol. The fourth-order valence-electron chi connectivity index (χ4n) is 3.43. The molecule has 2 amide bonds. The number of urea groups is 1. The number of rotatable bonds is 5. The van der Waals surface area contributed by atoms with Gasteiger partial charge in [0, 0.05) is 12.6 Å². The van der Waals surface area contributed by atoms with Crippen molar-refractivity contribution in [3.63, 3.8) is 0 Å². The van der Waals surface area contributed by atoms with Gasteiger partial charge >= 0.3 is 6.03 Å². The second-order valence-corrected chi connectivity index (χ2v) is 7.10. The Morgan fingerprint density at radius 1 is 1.30 bits per heavy atom. The maximum absolute atomic E-state index is 11.8. The van der Waals surface area contributed by atoms with Crippen molar-refractivity contribution >= 4 is 6.03 Å². The number of hydrogen-bond donors (Lipinski definition) is 4. The molecular weight excluding hydrogens is 298 g/mol. The number of likely N-dealkylation sites (tertiary alicyclic amines) is 1. The smallest absolute Gasteiger partial charge is 0.315 e. The van der Waals surface area contributed by atoms with Crippen LogP contribution in [-0.2, 0) is 4.74 Å². The second-order valence-electron chi connectivity index (χ2n) is 7.10. The minimum atomic E-state index is -0.728. The van der Waals surface area contributed by atoms with E-state index in [1.807, 2.05) is 13.8 Å². The van der Waals surface area contributed by atoms with Gasteiger partial charge in [-0.05, 0) is 45.7 Å². The van der Waals surface area contributed by atoms with Crippen molar-refractivity contribution in [2.24, 2.45) is 5.92 Å². The van der Waals surface area contributed by atoms with Crippen LogP contribution < -0.4 is 10.6 Å². The van der Waals surface area contributed by atoms with Gasteiger partial charge in [-0.25, -0.2) is 4.79 Å². The lowest BCUT2D eigenvalue weighted by atomic mass is 9.94. The molecule has 23 heavy (non-hydrogen) atoms. The number of nitrogens with one attached hydrogen (secondary N) is 2. The fraction of sp³-hybridized carbons (Fsp3) is 0.938. The Bertz CT molecular complexity index is 386. The lowest BCUT2D eigenvalue weighted by Gasteiger charge is -2.38. The molecule has 2 saturated heterocycles. The molecular formula is C16H31N3O4. The van der Waals surface area contributed by atoms with Gasteiger partial charge in [-0.1, -0.05) is 6.92 Å². The third kappa shape index (κ3) is 4.79. The SMILES string of the molecule is CC1CCN([C@@H]2[C@H](O)[C@H](CO)O[C@@H]2CNC(=O)NC(C)C)CC1. The highest BCUT2D eigenvalue weighted by Gasteiger charge is 2.46. The van der Waals surface area contributed by atoms with E-state index in [9.17, 15) is 15.0 Å². The Hall–Kier alpha value is -0.890. The molecule has 0 aromatic rings. The van der Waals surface area contributed by atoms with Gasteiger partial charge < -0.3 is 25.6 Å². The van der Waals surface area contributed by atoms with Crippen LogP contribution in [-0.4, -0.2) is 77.8 Å². The third-order valence-electron chi connectivity index (χ3n) is 4.76. The van der Waals surface area contributed by atoms with Crippen molar-refractivity contribution < 1.29 is 19.7 Å². The Balaban J connectivity index is 1.96. The first-order chi connectivity index (χ1) is 10.9. The maximum Gasteiger partial charge on any atom is 0.315 e. The summed E-state index contributed by atoms with van der Waals surface area (Å²) in [6.45, 7) is 7.98. The molecule has 7 heteroatoms. The molecule has 0 aromatic carbocycles. The molecule has 0 aromatic heterocycles. The molecule has 2 aliphatic rings. The van der Waals surface area contributed by atoms with Gasteiger partial charge in [-0.3, -0.25) is 4.90 Å². The highest BCUT2D eigenvalue weighted by molar-refractivity contribution is 5.74. The number of amides is 2. The van der Waals surface area contributed by atoms with E-state index >= 15 is 0 Å². The number of aliphatic hydroxyl groups excluding tert-OH is 2. The number of ether oxygens (including phenoxy) is 1. The van der Waals surface area contributed by atoms with Gasteiger partial charge in [-0.2, -0.15) is 0 Å². The van der Waals surface area contributed by atoms with Gasteiger partial charge in [-0.15, -0.1) is 0 Å². The Labute approximate surface area is 138 Å². The normalized spacial score (nSPS) is 33.1. The summed E-state index contributed by atoms with van der Waals surface area (Å²) in [4.78, 5) is 14.0. The van der Waals surface area contributed by atoms with Crippen LogP contribution >= 0.6 is 0 Å². The van der Waals surface area contributed by atoms with E-state index in [-0.39, 0.29) is 30.8 Å². The van der Waals surface area contributed by atoms with E-state index < -0.39 is 12.2 Å². The van der Waals surface area contributed by atoms with Crippen molar-refractivity contribution in [3.05, 3.63) is 0 Å². The number of carbonyl (C=O) groups excluding carboxylic acids is 1. The Morgan fingerprint density at radius 2 is 1.96 bits per heavy atom. The van der Waals surface area contributed by atoms with Crippen LogP contribution in [0.4, 0.5) is 4.79 Å². The molecule has 134 valence electrons. The minimum absolute atomic E-state index is 0.0645. The first kappa shape index (κ1) is 18.4. The van der Waals surface area contributed by atoms with Crippen LogP contribution in [0.5, 0.6) is 0 Å². The van der Waals surface area contributed by atoms with E-state index in [4.69, 9.17) is 4.74 Å². The summed E-state index contributed by atoms with van der Waals surface area (Å²) in [5.41, 5.74) is 0. The third-order valence-corrected chi connectivity index (χ3v) is 4.76. The zero-order chi connectivity index (χ0) is 17.0. The van der Waals surface area contributed by atoms with Crippen molar-refractivity contribution in [1.29, 1.82) is 0 Å². The summed E-state index contributed by atoms with van der Waals surface area (Å²) in [7, 11) is 0. The first-order valence-corrected chi connectivity index (χ1v) is 8.65. The zero-order valence-corrected chi connectivity index (χ0v) is 14.4. The standard InChI is InChI=1S/C16H31N3O4/c1-10(2)18-16(22)17-8-12-14(15(21)13(9-20)23-12)19-6-4-11(3)5-7-19/h10-15,20-21H,4-9H2,1-3H3,(H2,17,18,22)/t12-,13+,14+,15-/m1/s1. The van der Waals surface area contributed by atoms with Crippen molar-refractivity contribution in [1.82, 2.24) is 15.5 Å². The van der Waals surface area contributed by atoms with Gasteiger partial charge in [0.05, 0.1) is 18.8 Å². The number of piperidine rings is 1. The summed E-state index contributed by atoms with van der Waals surface area (Å²) < 4.78 is 5.79. The first-order valence-electron chi connectivity index (χ1n) is 8.65. The molecule has 4 N–H and O–H groups in total. The van der Waals surface area contributed by atoms with Gasteiger partial charge in [0.1, 0.15) is 12.2 Å². The predicted octanol–water partition coefficient (Wildman–Crippen LogP) is -0.0849. The fourth-order valence-corrected chi connectivity index (χ4v) is 3.43. The van der Waals surface area contributed by atoms with Crippen LogP contribution in [0.2, 0.25) is 0 Å². The van der Waals surface area contributed by atoms with Crippen LogP contribution in [0.25, 0.3) is 0 Å². The molecule has 0 saturated carbocycles.